The summed E-state index contributed by atoms with van der Waals surface area (Å²) in [4.78, 5) is 0. The average Bonchev–Trinajstić information content (AvgIpc) is 2.40. The highest BCUT2D eigenvalue weighted by Crippen LogP contribution is 2.31. The van der Waals surface area contributed by atoms with Crippen LogP contribution in [0.15, 0.2) is 18.2 Å². The summed E-state index contributed by atoms with van der Waals surface area (Å²) in [5, 5.41) is 5.02. The highest BCUT2D eigenvalue weighted by atomic mass is 35.5. The van der Waals surface area contributed by atoms with Gasteiger partial charge in [-0.25, -0.2) is 0 Å². The molecule has 108 valence electrons. The molecule has 0 saturated carbocycles. The highest BCUT2D eigenvalue weighted by Gasteiger charge is 2.25. The van der Waals surface area contributed by atoms with Crippen molar-refractivity contribution in [3.8, 4) is 0 Å². The molecule has 0 spiro atoms. The van der Waals surface area contributed by atoms with Gasteiger partial charge in [0.2, 0.25) is 0 Å². The summed E-state index contributed by atoms with van der Waals surface area (Å²) in [7, 11) is 0. The summed E-state index contributed by atoms with van der Waals surface area (Å²) in [6, 6.07) is 5.93. The zero-order valence-corrected chi connectivity index (χ0v) is 14.4. The van der Waals surface area contributed by atoms with Crippen LogP contribution in [0.3, 0.4) is 0 Å². The third-order valence-electron chi connectivity index (χ3n) is 3.88. The Kier molecular flexibility index (Phi) is 7.02. The molecule has 0 radical (unpaired) electrons. The Bertz CT molecular complexity index is 397. The van der Waals surface area contributed by atoms with Gasteiger partial charge in [0.25, 0.3) is 0 Å². The third kappa shape index (κ3) is 4.56. The van der Waals surface area contributed by atoms with E-state index in [1.54, 1.807) is 6.07 Å². The summed E-state index contributed by atoms with van der Waals surface area (Å²) < 4.78 is 0.313. The van der Waals surface area contributed by atoms with E-state index >= 15 is 0 Å². The molecule has 1 N–H and O–H groups in total. The van der Waals surface area contributed by atoms with E-state index in [1.165, 1.54) is 12.8 Å². The molecule has 1 rings (SSSR count). The quantitative estimate of drug-likeness (QED) is 0.705. The van der Waals surface area contributed by atoms with Gasteiger partial charge in [-0.1, -0.05) is 43.1 Å². The van der Waals surface area contributed by atoms with Crippen molar-refractivity contribution in [3.63, 3.8) is 0 Å². The van der Waals surface area contributed by atoms with Gasteiger partial charge < -0.3 is 5.32 Å². The first-order chi connectivity index (χ1) is 8.98. The van der Waals surface area contributed by atoms with Crippen LogP contribution in [0.2, 0.25) is 10.0 Å². The first kappa shape index (κ1) is 17.2. The number of halogens is 2. The molecule has 1 unspecified atom stereocenters. The maximum atomic E-state index is 6.25. The Labute approximate surface area is 131 Å². The van der Waals surface area contributed by atoms with Gasteiger partial charge in [-0.2, -0.15) is 11.8 Å². The predicted molar refractivity (Wildman–Crippen MR) is 89.7 cm³/mol. The predicted octanol–water partition coefficient (Wildman–Crippen LogP) is 5.57. The summed E-state index contributed by atoms with van der Waals surface area (Å²) in [5.41, 5.74) is 1.10. The molecule has 0 aliphatic carbocycles. The standard InChI is InChI=1S/C15H23Cl2NS/c1-5-15(6-2,19-4)10-18-11(3)13-8-7-12(16)9-14(13)17/h7-9,11,18H,5-6,10H2,1-4H3. The van der Waals surface area contributed by atoms with Crippen LogP contribution < -0.4 is 5.32 Å². The van der Waals surface area contributed by atoms with Crippen LogP contribution in [0.5, 0.6) is 0 Å². The third-order valence-corrected chi connectivity index (χ3v) is 6.03. The maximum Gasteiger partial charge on any atom is 0.0468 e. The number of hydrogen-bond acceptors (Lipinski definition) is 2. The lowest BCUT2D eigenvalue weighted by Crippen LogP contribution is -2.37. The molecule has 0 aliphatic rings. The number of hydrogen-bond donors (Lipinski definition) is 1. The van der Waals surface area contributed by atoms with E-state index < -0.39 is 0 Å². The lowest BCUT2D eigenvalue weighted by Gasteiger charge is -2.31. The molecule has 1 aromatic carbocycles. The van der Waals surface area contributed by atoms with E-state index in [9.17, 15) is 0 Å². The largest absolute Gasteiger partial charge is 0.309 e. The van der Waals surface area contributed by atoms with E-state index in [1.807, 2.05) is 23.9 Å². The number of benzene rings is 1. The molecular formula is C15H23Cl2NS. The SMILES string of the molecule is CCC(CC)(CNC(C)c1ccc(Cl)cc1Cl)SC. The van der Waals surface area contributed by atoms with Gasteiger partial charge in [0.1, 0.15) is 0 Å². The van der Waals surface area contributed by atoms with Crippen molar-refractivity contribution in [2.75, 3.05) is 12.8 Å². The molecule has 1 aromatic rings. The van der Waals surface area contributed by atoms with E-state index in [2.05, 4.69) is 32.3 Å². The fourth-order valence-electron chi connectivity index (χ4n) is 2.16. The van der Waals surface area contributed by atoms with Gasteiger partial charge >= 0.3 is 0 Å². The lowest BCUT2D eigenvalue weighted by molar-refractivity contribution is 0.460. The smallest absolute Gasteiger partial charge is 0.0468 e. The number of rotatable bonds is 7. The number of thioether (sulfide) groups is 1. The van der Waals surface area contributed by atoms with Crippen molar-refractivity contribution in [2.24, 2.45) is 0 Å². The molecule has 0 amide bonds. The molecule has 0 heterocycles. The topological polar surface area (TPSA) is 12.0 Å². The van der Waals surface area contributed by atoms with Gasteiger partial charge in [-0.3, -0.25) is 0 Å². The Morgan fingerprint density at radius 2 is 1.89 bits per heavy atom. The Morgan fingerprint density at radius 3 is 2.37 bits per heavy atom. The van der Waals surface area contributed by atoms with Crippen molar-refractivity contribution in [1.82, 2.24) is 5.32 Å². The zero-order chi connectivity index (χ0) is 14.5. The average molecular weight is 320 g/mol. The van der Waals surface area contributed by atoms with Gasteiger partial charge in [0, 0.05) is 27.4 Å². The maximum absolute atomic E-state index is 6.25. The molecule has 4 heteroatoms. The van der Waals surface area contributed by atoms with E-state index in [-0.39, 0.29) is 6.04 Å². The first-order valence-corrected chi connectivity index (χ1v) is 8.69. The Morgan fingerprint density at radius 1 is 1.26 bits per heavy atom. The Balaban J connectivity index is 2.72. The van der Waals surface area contributed by atoms with Gasteiger partial charge in [0.05, 0.1) is 0 Å². The highest BCUT2D eigenvalue weighted by molar-refractivity contribution is 8.00. The summed E-state index contributed by atoms with van der Waals surface area (Å²) in [5.74, 6) is 0. The normalized spacial score (nSPS) is 13.6. The van der Waals surface area contributed by atoms with Gasteiger partial charge in [0.15, 0.2) is 0 Å². The molecule has 0 bridgehead atoms. The minimum atomic E-state index is 0.231. The van der Waals surface area contributed by atoms with Crippen LogP contribution in [0.4, 0.5) is 0 Å². The van der Waals surface area contributed by atoms with Crippen molar-refractivity contribution >= 4 is 35.0 Å². The second-order valence-electron chi connectivity index (χ2n) is 4.86. The summed E-state index contributed by atoms with van der Waals surface area (Å²) in [6.07, 6.45) is 4.52. The van der Waals surface area contributed by atoms with Crippen LogP contribution in [0.25, 0.3) is 0 Å². The fourth-order valence-corrected chi connectivity index (χ4v) is 3.54. The lowest BCUT2D eigenvalue weighted by atomic mass is 10.0. The minimum Gasteiger partial charge on any atom is -0.309 e. The van der Waals surface area contributed by atoms with Crippen LogP contribution in [0, 0.1) is 0 Å². The fraction of sp³-hybridized carbons (Fsp3) is 0.600. The molecule has 0 aromatic heterocycles. The van der Waals surface area contributed by atoms with Crippen molar-refractivity contribution in [1.29, 1.82) is 0 Å². The molecule has 0 fully saturated rings. The molecule has 19 heavy (non-hydrogen) atoms. The second kappa shape index (κ2) is 7.78. The van der Waals surface area contributed by atoms with Crippen molar-refractivity contribution in [3.05, 3.63) is 33.8 Å². The molecule has 0 aliphatic heterocycles. The van der Waals surface area contributed by atoms with E-state index in [4.69, 9.17) is 23.2 Å². The van der Waals surface area contributed by atoms with Gasteiger partial charge in [-0.15, -0.1) is 0 Å². The second-order valence-corrected chi connectivity index (χ2v) is 6.98. The first-order valence-electron chi connectivity index (χ1n) is 6.71. The van der Waals surface area contributed by atoms with Crippen molar-refractivity contribution < 1.29 is 0 Å². The molecular weight excluding hydrogens is 297 g/mol. The van der Waals surface area contributed by atoms with Crippen LogP contribution >= 0.6 is 35.0 Å². The van der Waals surface area contributed by atoms with Crippen LogP contribution in [0.1, 0.15) is 45.2 Å². The molecule has 1 nitrogen and oxygen atoms in total. The van der Waals surface area contributed by atoms with Gasteiger partial charge in [-0.05, 0) is 43.7 Å². The van der Waals surface area contributed by atoms with E-state index in [0.717, 1.165) is 17.1 Å². The van der Waals surface area contributed by atoms with Crippen molar-refractivity contribution in [2.45, 2.75) is 44.4 Å². The van der Waals surface area contributed by atoms with Crippen LogP contribution in [-0.4, -0.2) is 17.5 Å². The molecule has 1 atom stereocenters. The monoisotopic (exact) mass is 319 g/mol. The van der Waals surface area contributed by atoms with Crippen LogP contribution in [-0.2, 0) is 0 Å². The summed E-state index contributed by atoms with van der Waals surface area (Å²) in [6.45, 7) is 7.63. The summed E-state index contributed by atoms with van der Waals surface area (Å²) >= 11 is 14.1. The molecule has 0 saturated heterocycles. The Hall–Kier alpha value is 0.110. The zero-order valence-electron chi connectivity index (χ0n) is 12.1. The van der Waals surface area contributed by atoms with E-state index in [0.29, 0.717) is 9.77 Å². The minimum absolute atomic E-state index is 0.231. The number of nitrogens with one attached hydrogen (secondary N) is 1.